The Morgan fingerprint density at radius 2 is 2.23 bits per heavy atom. The zero-order valence-electron chi connectivity index (χ0n) is 8.51. The van der Waals surface area contributed by atoms with Crippen molar-refractivity contribution in [3.63, 3.8) is 0 Å². The van der Waals surface area contributed by atoms with E-state index in [1.54, 1.807) is 0 Å². The maximum atomic E-state index is 5.90. The molecule has 2 fully saturated rings. The normalized spacial score (nSPS) is 39.2. The molecule has 0 bridgehead atoms. The third kappa shape index (κ3) is 2.22. The molecule has 2 unspecified atom stereocenters. The van der Waals surface area contributed by atoms with Crippen LogP contribution in [0.5, 0.6) is 0 Å². The standard InChI is InChI=1S/C10H19NO2/c1-10(2)7-11-9(13-10)8-4-3-5-12-6-8/h8-9,11H,3-7H2,1-2H3. The van der Waals surface area contributed by atoms with Gasteiger partial charge in [0.2, 0.25) is 0 Å². The Morgan fingerprint density at radius 1 is 1.38 bits per heavy atom. The molecule has 0 aromatic carbocycles. The van der Waals surface area contributed by atoms with E-state index in [-0.39, 0.29) is 11.8 Å². The molecule has 2 rings (SSSR count). The van der Waals surface area contributed by atoms with Crippen LogP contribution in [0.15, 0.2) is 0 Å². The van der Waals surface area contributed by atoms with E-state index >= 15 is 0 Å². The van der Waals surface area contributed by atoms with Crippen LogP contribution in [-0.4, -0.2) is 31.6 Å². The molecule has 0 amide bonds. The van der Waals surface area contributed by atoms with Gasteiger partial charge >= 0.3 is 0 Å². The fraction of sp³-hybridized carbons (Fsp3) is 1.00. The molecule has 2 atom stereocenters. The maximum Gasteiger partial charge on any atom is 0.114 e. The molecule has 76 valence electrons. The number of hydrogen-bond donors (Lipinski definition) is 1. The summed E-state index contributed by atoms with van der Waals surface area (Å²) in [6, 6.07) is 0. The third-order valence-corrected chi connectivity index (χ3v) is 2.80. The van der Waals surface area contributed by atoms with Crippen molar-refractivity contribution in [2.45, 2.75) is 38.5 Å². The molecule has 0 radical (unpaired) electrons. The van der Waals surface area contributed by atoms with Crippen molar-refractivity contribution < 1.29 is 9.47 Å². The van der Waals surface area contributed by atoms with Gasteiger partial charge in [0.05, 0.1) is 12.2 Å². The second-order valence-electron chi connectivity index (χ2n) is 4.66. The van der Waals surface area contributed by atoms with Crippen LogP contribution >= 0.6 is 0 Å². The van der Waals surface area contributed by atoms with Gasteiger partial charge in [0.25, 0.3) is 0 Å². The summed E-state index contributed by atoms with van der Waals surface area (Å²) >= 11 is 0. The number of nitrogens with one attached hydrogen (secondary N) is 1. The smallest absolute Gasteiger partial charge is 0.114 e. The summed E-state index contributed by atoms with van der Waals surface area (Å²) < 4.78 is 11.3. The van der Waals surface area contributed by atoms with Crippen LogP contribution in [0, 0.1) is 5.92 Å². The summed E-state index contributed by atoms with van der Waals surface area (Å²) in [7, 11) is 0. The van der Waals surface area contributed by atoms with E-state index < -0.39 is 0 Å². The molecule has 2 aliphatic rings. The molecule has 2 heterocycles. The van der Waals surface area contributed by atoms with Crippen molar-refractivity contribution in [2.24, 2.45) is 5.92 Å². The quantitative estimate of drug-likeness (QED) is 0.664. The summed E-state index contributed by atoms with van der Waals surface area (Å²) in [5.41, 5.74) is 0.00210. The second-order valence-corrected chi connectivity index (χ2v) is 4.66. The van der Waals surface area contributed by atoms with Crippen molar-refractivity contribution in [2.75, 3.05) is 19.8 Å². The van der Waals surface area contributed by atoms with Crippen LogP contribution in [0.2, 0.25) is 0 Å². The van der Waals surface area contributed by atoms with Crippen molar-refractivity contribution >= 4 is 0 Å². The minimum absolute atomic E-state index is 0.00210. The first-order valence-corrected chi connectivity index (χ1v) is 5.16. The summed E-state index contributed by atoms with van der Waals surface area (Å²) in [5, 5.41) is 3.41. The number of ether oxygens (including phenoxy) is 2. The molecule has 3 heteroatoms. The fourth-order valence-corrected chi connectivity index (χ4v) is 2.04. The van der Waals surface area contributed by atoms with Gasteiger partial charge in [0.1, 0.15) is 6.23 Å². The van der Waals surface area contributed by atoms with Gasteiger partial charge in [-0.05, 0) is 26.7 Å². The SMILES string of the molecule is CC1(C)CNC(C2CCCOC2)O1. The lowest BCUT2D eigenvalue weighted by molar-refractivity contribution is -0.0766. The first kappa shape index (κ1) is 9.44. The Kier molecular flexibility index (Phi) is 2.58. The van der Waals surface area contributed by atoms with E-state index in [4.69, 9.17) is 9.47 Å². The van der Waals surface area contributed by atoms with Crippen molar-refractivity contribution in [1.82, 2.24) is 5.32 Å². The van der Waals surface area contributed by atoms with Crippen molar-refractivity contribution in [3.05, 3.63) is 0 Å². The monoisotopic (exact) mass is 185 g/mol. The van der Waals surface area contributed by atoms with Crippen LogP contribution < -0.4 is 5.32 Å². The molecule has 0 spiro atoms. The Labute approximate surface area is 79.8 Å². The van der Waals surface area contributed by atoms with Crippen LogP contribution in [-0.2, 0) is 9.47 Å². The Balaban J connectivity index is 1.87. The molecule has 0 aliphatic carbocycles. The lowest BCUT2D eigenvalue weighted by Gasteiger charge is -2.28. The Hall–Kier alpha value is -0.120. The highest BCUT2D eigenvalue weighted by Crippen LogP contribution is 2.26. The highest BCUT2D eigenvalue weighted by atomic mass is 16.5. The summed E-state index contributed by atoms with van der Waals surface area (Å²) in [5.74, 6) is 0.551. The molecule has 0 aromatic rings. The van der Waals surface area contributed by atoms with E-state index in [9.17, 15) is 0 Å². The van der Waals surface area contributed by atoms with Gasteiger partial charge < -0.3 is 9.47 Å². The largest absolute Gasteiger partial charge is 0.381 e. The lowest BCUT2D eigenvalue weighted by Crippen LogP contribution is -2.36. The topological polar surface area (TPSA) is 30.5 Å². The summed E-state index contributed by atoms with van der Waals surface area (Å²) in [6.07, 6.45) is 2.62. The highest BCUT2D eigenvalue weighted by molar-refractivity contribution is 4.85. The fourth-order valence-electron chi connectivity index (χ4n) is 2.04. The van der Waals surface area contributed by atoms with Gasteiger partial charge in [-0.3, -0.25) is 5.32 Å². The molecule has 2 saturated heterocycles. The Bertz CT molecular complexity index is 176. The highest BCUT2D eigenvalue weighted by Gasteiger charge is 2.36. The first-order valence-electron chi connectivity index (χ1n) is 5.16. The van der Waals surface area contributed by atoms with E-state index in [0.717, 1.165) is 19.8 Å². The maximum absolute atomic E-state index is 5.90. The van der Waals surface area contributed by atoms with Crippen molar-refractivity contribution in [1.29, 1.82) is 0 Å². The molecule has 13 heavy (non-hydrogen) atoms. The predicted octanol–water partition coefficient (Wildman–Crippen LogP) is 1.14. The van der Waals surface area contributed by atoms with Gasteiger partial charge in [0, 0.05) is 19.1 Å². The predicted molar refractivity (Wildman–Crippen MR) is 50.5 cm³/mol. The van der Waals surface area contributed by atoms with E-state index in [1.807, 2.05) is 0 Å². The van der Waals surface area contributed by atoms with E-state index in [1.165, 1.54) is 12.8 Å². The minimum Gasteiger partial charge on any atom is -0.381 e. The zero-order valence-corrected chi connectivity index (χ0v) is 8.51. The molecule has 0 saturated carbocycles. The molecule has 0 aromatic heterocycles. The van der Waals surface area contributed by atoms with E-state index in [2.05, 4.69) is 19.2 Å². The van der Waals surface area contributed by atoms with Crippen molar-refractivity contribution in [3.8, 4) is 0 Å². The Morgan fingerprint density at radius 3 is 2.77 bits per heavy atom. The summed E-state index contributed by atoms with van der Waals surface area (Å²) in [4.78, 5) is 0. The van der Waals surface area contributed by atoms with Gasteiger partial charge in [-0.1, -0.05) is 0 Å². The molecular formula is C10H19NO2. The van der Waals surface area contributed by atoms with Crippen LogP contribution in [0.25, 0.3) is 0 Å². The third-order valence-electron chi connectivity index (χ3n) is 2.80. The second kappa shape index (κ2) is 3.56. The summed E-state index contributed by atoms with van der Waals surface area (Å²) in [6.45, 7) is 6.99. The van der Waals surface area contributed by atoms with Gasteiger partial charge in [-0.25, -0.2) is 0 Å². The zero-order chi connectivity index (χ0) is 9.31. The van der Waals surface area contributed by atoms with E-state index in [0.29, 0.717) is 5.92 Å². The van der Waals surface area contributed by atoms with Gasteiger partial charge in [-0.2, -0.15) is 0 Å². The molecular weight excluding hydrogens is 166 g/mol. The lowest BCUT2D eigenvalue weighted by atomic mass is 10.0. The first-order chi connectivity index (χ1) is 6.17. The average molecular weight is 185 g/mol. The van der Waals surface area contributed by atoms with Crippen LogP contribution in [0.1, 0.15) is 26.7 Å². The number of hydrogen-bond acceptors (Lipinski definition) is 3. The van der Waals surface area contributed by atoms with Gasteiger partial charge in [-0.15, -0.1) is 0 Å². The average Bonchev–Trinajstić information content (AvgIpc) is 2.48. The molecule has 3 nitrogen and oxygen atoms in total. The number of rotatable bonds is 1. The van der Waals surface area contributed by atoms with Crippen LogP contribution in [0.4, 0.5) is 0 Å². The minimum atomic E-state index is 0.00210. The van der Waals surface area contributed by atoms with Crippen LogP contribution in [0.3, 0.4) is 0 Å². The molecule has 2 aliphatic heterocycles. The van der Waals surface area contributed by atoms with Gasteiger partial charge in [0.15, 0.2) is 0 Å². The molecule has 1 N–H and O–H groups in total.